The van der Waals surface area contributed by atoms with Crippen LogP contribution in [-0.2, 0) is 32.3 Å². The highest BCUT2D eigenvalue weighted by atomic mass is 16.5. The summed E-state index contributed by atoms with van der Waals surface area (Å²) in [4.78, 5) is 4.66. The molecule has 0 atom stereocenters. The molecule has 6 nitrogen and oxygen atoms in total. The van der Waals surface area contributed by atoms with E-state index in [0.29, 0.717) is 11.1 Å². The van der Waals surface area contributed by atoms with Gasteiger partial charge in [0.25, 0.3) is 0 Å². The zero-order valence-corrected chi connectivity index (χ0v) is 38.3. The van der Waals surface area contributed by atoms with Gasteiger partial charge in [0.05, 0.1) is 24.8 Å². The predicted molar refractivity (Wildman–Crippen MR) is 279 cm³/mol. The summed E-state index contributed by atoms with van der Waals surface area (Å²) in [7, 11) is 1.69. The number of hydrogen-bond acceptors (Lipinski definition) is 6. The Bertz CT molecular complexity index is 3040. The van der Waals surface area contributed by atoms with E-state index in [4.69, 9.17) is 4.74 Å². The quantitative estimate of drug-likeness (QED) is 0.123. The van der Waals surface area contributed by atoms with Gasteiger partial charge >= 0.3 is 0 Å². The first kappa shape index (κ1) is 43.7. The van der Waals surface area contributed by atoms with Crippen molar-refractivity contribution in [3.63, 3.8) is 0 Å². The minimum atomic E-state index is 0.00463. The summed E-state index contributed by atoms with van der Waals surface area (Å²) in [5.74, 6) is 0.821. The van der Waals surface area contributed by atoms with E-state index in [1.54, 1.807) is 7.11 Å². The number of benzene rings is 8. The number of anilines is 6. The summed E-state index contributed by atoms with van der Waals surface area (Å²) >= 11 is 0. The lowest BCUT2D eigenvalue weighted by atomic mass is 9.90. The first-order chi connectivity index (χ1) is 33.5. The second-order valence-electron chi connectivity index (χ2n) is 17.7. The van der Waals surface area contributed by atoms with Crippen molar-refractivity contribution in [2.45, 2.75) is 58.0 Å². The van der Waals surface area contributed by atoms with Gasteiger partial charge in [-0.25, -0.2) is 0 Å². The van der Waals surface area contributed by atoms with Gasteiger partial charge in [0, 0.05) is 44.9 Å². The molecule has 68 heavy (non-hydrogen) atoms. The minimum absolute atomic E-state index is 0.00463. The van der Waals surface area contributed by atoms with Crippen molar-refractivity contribution < 1.29 is 9.84 Å². The number of ether oxygens (including phenoxy) is 1. The fourth-order valence-corrected chi connectivity index (χ4v) is 10.1. The molecule has 0 spiro atoms. The van der Waals surface area contributed by atoms with Crippen LogP contribution >= 0.6 is 0 Å². The molecule has 0 bridgehead atoms. The normalized spacial score (nSPS) is 13.2. The van der Waals surface area contributed by atoms with Crippen LogP contribution in [0.1, 0.15) is 86.9 Å². The zero-order chi connectivity index (χ0) is 46.4. The van der Waals surface area contributed by atoms with Crippen LogP contribution < -0.4 is 14.5 Å². The number of aliphatic hydroxyl groups is 1. The number of fused-ring (bicyclic) bond motifs is 3. The minimum Gasteiger partial charge on any atom is -0.497 e. The first-order valence-corrected chi connectivity index (χ1v) is 23.7. The molecule has 1 N–H and O–H groups in total. The molecule has 0 aliphatic heterocycles. The van der Waals surface area contributed by atoms with Crippen molar-refractivity contribution in [1.29, 1.82) is 10.5 Å². The van der Waals surface area contributed by atoms with Gasteiger partial charge in [0.15, 0.2) is 0 Å². The van der Waals surface area contributed by atoms with E-state index < -0.39 is 0 Å². The lowest BCUT2D eigenvalue weighted by molar-refractivity contribution is 0.282. The molecule has 0 radical (unpaired) electrons. The van der Waals surface area contributed by atoms with Crippen LogP contribution in [0, 0.1) is 22.7 Å². The predicted octanol–water partition coefficient (Wildman–Crippen LogP) is 15.1. The third kappa shape index (κ3) is 8.79. The van der Waals surface area contributed by atoms with Gasteiger partial charge in [-0.3, -0.25) is 0 Å². The fraction of sp³-hybridized carbons (Fsp3) is 0.161. The number of aliphatic hydroxyl groups excluding tert-OH is 1. The van der Waals surface area contributed by atoms with E-state index in [9.17, 15) is 15.6 Å². The maximum Gasteiger partial charge on any atom is 0.119 e. The fourth-order valence-electron chi connectivity index (χ4n) is 10.1. The Morgan fingerprint density at radius 3 is 1.31 bits per heavy atom. The van der Waals surface area contributed by atoms with Crippen LogP contribution in [0.3, 0.4) is 0 Å². The van der Waals surface area contributed by atoms with Gasteiger partial charge in [-0.05, 0) is 174 Å². The number of aryl methyl sites for hydroxylation is 2. The molecule has 0 amide bonds. The Kier molecular flexibility index (Phi) is 12.7. The van der Waals surface area contributed by atoms with Crippen LogP contribution in [0.4, 0.5) is 34.1 Å². The number of nitriles is 2. The Morgan fingerprint density at radius 1 is 0.485 bits per heavy atom. The van der Waals surface area contributed by atoms with Crippen LogP contribution in [0.5, 0.6) is 5.75 Å². The Hall–Kier alpha value is -8.16. The van der Waals surface area contributed by atoms with Gasteiger partial charge in [0.1, 0.15) is 17.9 Å². The van der Waals surface area contributed by atoms with Crippen LogP contribution in [0.2, 0.25) is 0 Å². The number of rotatable bonds is 12. The van der Waals surface area contributed by atoms with Crippen LogP contribution in [0.15, 0.2) is 158 Å². The molecule has 8 aromatic carbocycles. The van der Waals surface area contributed by atoms with E-state index in [2.05, 4.69) is 131 Å². The molecule has 0 saturated heterocycles. The molecule has 8 aromatic rings. The highest BCUT2D eigenvalue weighted by molar-refractivity contribution is 5.98. The molecular weight excluding hydrogens is 833 g/mol. The molecule has 2 aliphatic carbocycles. The maximum atomic E-state index is 10.5. The van der Waals surface area contributed by atoms with Crippen molar-refractivity contribution in [3.05, 3.63) is 219 Å². The largest absolute Gasteiger partial charge is 0.497 e. The number of hydrogen-bond donors (Lipinski definition) is 1. The molecule has 2 aliphatic rings. The average molecular weight is 885 g/mol. The summed E-state index contributed by atoms with van der Waals surface area (Å²) in [6.07, 6.45) is 17.2. The van der Waals surface area contributed by atoms with Gasteiger partial charge < -0.3 is 19.6 Å². The van der Waals surface area contributed by atoms with E-state index in [1.807, 2.05) is 72.8 Å². The molecule has 0 unspecified atom stereocenters. The number of nitrogens with zero attached hydrogens (tertiary/aromatic N) is 4. The van der Waals surface area contributed by atoms with E-state index in [1.165, 1.54) is 59.3 Å². The molecule has 0 saturated carbocycles. The van der Waals surface area contributed by atoms with Gasteiger partial charge in [0.2, 0.25) is 0 Å². The maximum absolute atomic E-state index is 10.5. The second kappa shape index (κ2) is 19.7. The molecule has 0 fully saturated rings. The van der Waals surface area contributed by atoms with Gasteiger partial charge in [-0.2, -0.15) is 10.5 Å². The third-order valence-electron chi connectivity index (χ3n) is 13.6. The highest BCUT2D eigenvalue weighted by Crippen LogP contribution is 2.42. The molecule has 6 heteroatoms. The van der Waals surface area contributed by atoms with Crippen molar-refractivity contribution in [3.8, 4) is 17.9 Å². The molecule has 0 aromatic heterocycles. The summed E-state index contributed by atoms with van der Waals surface area (Å²) in [5, 5.41) is 32.3. The lowest BCUT2D eigenvalue weighted by Gasteiger charge is -2.30. The van der Waals surface area contributed by atoms with Crippen molar-refractivity contribution in [2.75, 3.05) is 16.9 Å². The van der Waals surface area contributed by atoms with Crippen molar-refractivity contribution in [1.82, 2.24) is 0 Å². The second-order valence-corrected chi connectivity index (χ2v) is 17.7. The summed E-state index contributed by atoms with van der Waals surface area (Å²) in [5.41, 5.74) is 17.8. The Balaban J connectivity index is 0.904. The highest BCUT2D eigenvalue weighted by Gasteiger charge is 2.22. The van der Waals surface area contributed by atoms with Crippen LogP contribution in [-0.4, -0.2) is 12.2 Å². The average Bonchev–Trinajstić information content (AvgIpc) is 3.40. The van der Waals surface area contributed by atoms with E-state index in [0.717, 1.165) is 92.8 Å². The van der Waals surface area contributed by atoms with E-state index in [-0.39, 0.29) is 6.61 Å². The molecule has 332 valence electrons. The SMILES string of the molecule is COc1ccc(N(c2ccc(C=Cc3ccc4c(C#N)c(C=Cc5ccc(N(c6ccc(CO)cc6)c6cccc7c6CCCC7)cc5)ccc4c3C#N)cc2)c2cccc3c2CCCC3)cc1. The topological polar surface area (TPSA) is 83.5 Å². The Morgan fingerprint density at radius 2 is 0.897 bits per heavy atom. The third-order valence-corrected chi connectivity index (χ3v) is 13.6. The van der Waals surface area contributed by atoms with Crippen molar-refractivity contribution >= 4 is 69.2 Å². The first-order valence-electron chi connectivity index (χ1n) is 23.7. The summed E-state index contributed by atoms with van der Waals surface area (Å²) in [6, 6.07) is 59.4. The number of methoxy groups -OCH3 is 1. The Labute approximate surface area is 399 Å². The van der Waals surface area contributed by atoms with E-state index >= 15 is 0 Å². The van der Waals surface area contributed by atoms with Crippen LogP contribution in [0.25, 0.3) is 35.1 Å². The lowest BCUT2D eigenvalue weighted by Crippen LogP contribution is -2.15. The van der Waals surface area contributed by atoms with Gasteiger partial charge in [-0.1, -0.05) is 109 Å². The standard InChI is InChI=1S/C62H52N4O2/c1-68-54-36-34-53(35-37-54)66(62-15-7-11-47-9-3-5-13-56(47)62)51-30-20-44(21-31-51)17-25-49-27-39-57-58(60(49)41-64)38-26-48(59(57)40-63)24-16-43-18-28-50(29-19-43)65(52-32-22-45(42-67)23-33-52)61-14-6-10-46-8-2-4-12-55(46)61/h6-7,10-11,14-39,67H,2-5,8-9,12-13,42H2,1H3. The molecule has 10 rings (SSSR count). The summed E-state index contributed by atoms with van der Waals surface area (Å²) in [6.45, 7) is 0.00463. The molecule has 0 heterocycles. The van der Waals surface area contributed by atoms with Gasteiger partial charge in [-0.15, -0.1) is 0 Å². The smallest absolute Gasteiger partial charge is 0.119 e. The zero-order valence-electron chi connectivity index (χ0n) is 38.3. The monoisotopic (exact) mass is 884 g/mol. The van der Waals surface area contributed by atoms with Crippen molar-refractivity contribution in [2.24, 2.45) is 0 Å². The molecular formula is C62H52N4O2. The summed E-state index contributed by atoms with van der Waals surface area (Å²) < 4.78 is 5.49.